The molecule has 26 heavy (non-hydrogen) atoms. The van der Waals surface area contributed by atoms with E-state index in [0.717, 1.165) is 10.4 Å². The zero-order valence-corrected chi connectivity index (χ0v) is 16.0. The van der Waals surface area contributed by atoms with Gasteiger partial charge in [0, 0.05) is 10.9 Å². The van der Waals surface area contributed by atoms with E-state index in [1.54, 1.807) is 24.1 Å². The highest BCUT2D eigenvalue weighted by molar-refractivity contribution is 7.91. The lowest BCUT2D eigenvalue weighted by Gasteiger charge is -2.24. The second-order valence-corrected chi connectivity index (χ2v) is 9.75. The molecule has 1 saturated heterocycles. The molecule has 2 aromatic rings. The summed E-state index contributed by atoms with van der Waals surface area (Å²) in [6.45, 7) is 0.114. The molecule has 0 spiro atoms. The van der Waals surface area contributed by atoms with Crippen LogP contribution in [0.25, 0.3) is 0 Å². The Kier molecular flexibility index (Phi) is 5.74. The van der Waals surface area contributed by atoms with Gasteiger partial charge in [-0.05, 0) is 42.6 Å². The van der Waals surface area contributed by atoms with E-state index in [2.05, 4.69) is 5.32 Å². The number of carbonyl (C=O) groups excluding carboxylic acids is 1. The topological polar surface area (TPSA) is 66.5 Å². The number of amides is 1. The molecule has 2 unspecified atom stereocenters. The zero-order chi connectivity index (χ0) is 18.7. The third-order valence-corrected chi connectivity index (χ3v) is 7.25. The SMILES string of the molecule is CN(CC(=O)NC(c1ccc(F)cc1)c1cccs1)C1CCS(=O)(=O)C1. The highest BCUT2D eigenvalue weighted by Crippen LogP contribution is 2.26. The maximum Gasteiger partial charge on any atom is 0.234 e. The number of carbonyl (C=O) groups is 1. The van der Waals surface area contributed by atoms with Gasteiger partial charge < -0.3 is 5.32 Å². The Bertz CT molecular complexity index is 851. The number of nitrogens with zero attached hydrogens (tertiary/aromatic N) is 1. The summed E-state index contributed by atoms with van der Waals surface area (Å²) < 4.78 is 36.5. The van der Waals surface area contributed by atoms with Gasteiger partial charge in [-0.15, -0.1) is 11.3 Å². The summed E-state index contributed by atoms with van der Waals surface area (Å²) in [6.07, 6.45) is 0.554. The van der Waals surface area contributed by atoms with E-state index in [9.17, 15) is 17.6 Å². The standard InChI is InChI=1S/C18H21FN2O3S2/c1-21(15-8-10-26(23,24)12-15)11-17(22)20-18(16-3-2-9-25-16)13-4-6-14(19)7-5-13/h2-7,9,15,18H,8,10-12H2,1H3,(H,20,22). The van der Waals surface area contributed by atoms with Gasteiger partial charge in [-0.3, -0.25) is 9.69 Å². The van der Waals surface area contributed by atoms with E-state index in [4.69, 9.17) is 0 Å². The van der Waals surface area contributed by atoms with Crippen molar-refractivity contribution in [1.29, 1.82) is 0 Å². The number of thiophene rings is 1. The number of benzene rings is 1. The maximum absolute atomic E-state index is 13.2. The Balaban J connectivity index is 1.69. The molecule has 5 nitrogen and oxygen atoms in total. The van der Waals surface area contributed by atoms with Crippen LogP contribution < -0.4 is 5.32 Å². The summed E-state index contributed by atoms with van der Waals surface area (Å²) in [5.74, 6) is -0.244. The average molecular weight is 397 g/mol. The molecule has 0 bridgehead atoms. The minimum Gasteiger partial charge on any atom is -0.343 e. The molecule has 2 heterocycles. The van der Waals surface area contributed by atoms with Crippen molar-refractivity contribution in [3.63, 3.8) is 0 Å². The van der Waals surface area contributed by atoms with E-state index in [0.29, 0.717) is 6.42 Å². The average Bonchev–Trinajstić information content (AvgIpc) is 3.23. The van der Waals surface area contributed by atoms with Crippen molar-refractivity contribution >= 4 is 27.1 Å². The van der Waals surface area contributed by atoms with E-state index >= 15 is 0 Å². The van der Waals surface area contributed by atoms with Gasteiger partial charge >= 0.3 is 0 Å². The van der Waals surface area contributed by atoms with Crippen LogP contribution in [0.5, 0.6) is 0 Å². The van der Waals surface area contributed by atoms with Crippen LogP contribution in [0.2, 0.25) is 0 Å². The lowest BCUT2D eigenvalue weighted by atomic mass is 10.1. The Labute approximate surface area is 156 Å². The Morgan fingerprint density at radius 3 is 2.65 bits per heavy atom. The summed E-state index contributed by atoms with van der Waals surface area (Å²) in [5, 5.41) is 4.91. The molecule has 2 atom stereocenters. The maximum atomic E-state index is 13.2. The Morgan fingerprint density at radius 2 is 2.08 bits per heavy atom. The number of sulfone groups is 1. The summed E-state index contributed by atoms with van der Waals surface area (Å²) in [6, 6.07) is 9.40. The highest BCUT2D eigenvalue weighted by atomic mass is 32.2. The lowest BCUT2D eigenvalue weighted by molar-refractivity contribution is -0.122. The summed E-state index contributed by atoms with van der Waals surface area (Å²) in [5.41, 5.74) is 0.799. The number of halogens is 1. The van der Waals surface area contributed by atoms with Crippen molar-refractivity contribution in [3.05, 3.63) is 58.0 Å². The fourth-order valence-corrected chi connectivity index (χ4v) is 5.72. The van der Waals surface area contributed by atoms with Gasteiger partial charge in [0.2, 0.25) is 5.91 Å². The van der Waals surface area contributed by atoms with Crippen LogP contribution in [0, 0.1) is 5.82 Å². The second-order valence-electron chi connectivity index (χ2n) is 6.54. The van der Waals surface area contributed by atoms with Crippen LogP contribution in [-0.4, -0.2) is 50.4 Å². The predicted octanol–water partition coefficient (Wildman–Crippen LogP) is 2.21. The van der Waals surface area contributed by atoms with Crippen molar-refractivity contribution in [2.75, 3.05) is 25.1 Å². The molecular weight excluding hydrogens is 375 g/mol. The number of nitrogens with one attached hydrogen (secondary N) is 1. The van der Waals surface area contributed by atoms with Gasteiger partial charge in [0.15, 0.2) is 9.84 Å². The molecule has 1 aromatic carbocycles. The lowest BCUT2D eigenvalue weighted by Crippen LogP contribution is -2.42. The van der Waals surface area contributed by atoms with Crippen LogP contribution in [0.15, 0.2) is 41.8 Å². The molecule has 1 aliphatic rings. The number of likely N-dealkylation sites (N-methyl/N-ethyl adjacent to an activating group) is 1. The van der Waals surface area contributed by atoms with E-state index in [-0.39, 0.29) is 41.9 Å². The van der Waals surface area contributed by atoms with Crippen LogP contribution >= 0.6 is 11.3 Å². The van der Waals surface area contributed by atoms with Crippen molar-refractivity contribution in [3.8, 4) is 0 Å². The van der Waals surface area contributed by atoms with E-state index < -0.39 is 9.84 Å². The van der Waals surface area contributed by atoms with Gasteiger partial charge in [-0.2, -0.15) is 0 Å². The largest absolute Gasteiger partial charge is 0.343 e. The first-order valence-electron chi connectivity index (χ1n) is 8.33. The van der Waals surface area contributed by atoms with Crippen molar-refractivity contribution in [2.45, 2.75) is 18.5 Å². The monoisotopic (exact) mass is 396 g/mol. The van der Waals surface area contributed by atoms with E-state index in [1.165, 1.54) is 23.5 Å². The molecule has 0 radical (unpaired) electrons. The van der Waals surface area contributed by atoms with Crippen molar-refractivity contribution < 1.29 is 17.6 Å². The zero-order valence-electron chi connectivity index (χ0n) is 14.4. The normalized spacial score (nSPS) is 20.2. The third-order valence-electron chi connectivity index (χ3n) is 4.56. The Hall–Kier alpha value is -1.77. The molecular formula is C18H21FN2O3S2. The summed E-state index contributed by atoms with van der Waals surface area (Å²) in [4.78, 5) is 15.3. The highest BCUT2D eigenvalue weighted by Gasteiger charge is 2.31. The third kappa shape index (κ3) is 4.69. The second kappa shape index (κ2) is 7.85. The van der Waals surface area contributed by atoms with Gasteiger partial charge in [-0.1, -0.05) is 18.2 Å². The summed E-state index contributed by atoms with van der Waals surface area (Å²) in [7, 11) is -1.22. The molecule has 0 saturated carbocycles. The first kappa shape index (κ1) is 19.0. The molecule has 3 rings (SSSR count). The van der Waals surface area contributed by atoms with Gasteiger partial charge in [0.05, 0.1) is 24.1 Å². The van der Waals surface area contributed by atoms with Gasteiger partial charge in [-0.25, -0.2) is 12.8 Å². The molecule has 1 aliphatic heterocycles. The number of hydrogen-bond acceptors (Lipinski definition) is 5. The quantitative estimate of drug-likeness (QED) is 0.813. The fourth-order valence-electron chi connectivity index (χ4n) is 3.11. The van der Waals surface area contributed by atoms with Crippen LogP contribution in [0.3, 0.4) is 0 Å². The summed E-state index contributed by atoms with van der Waals surface area (Å²) >= 11 is 1.51. The fraction of sp³-hybridized carbons (Fsp3) is 0.389. The molecule has 8 heteroatoms. The van der Waals surface area contributed by atoms with Crippen LogP contribution in [-0.2, 0) is 14.6 Å². The smallest absolute Gasteiger partial charge is 0.234 e. The Morgan fingerprint density at radius 1 is 1.35 bits per heavy atom. The first-order valence-corrected chi connectivity index (χ1v) is 11.0. The van der Waals surface area contributed by atoms with Crippen molar-refractivity contribution in [2.24, 2.45) is 0 Å². The molecule has 1 amide bonds. The van der Waals surface area contributed by atoms with E-state index in [1.807, 2.05) is 17.5 Å². The number of hydrogen-bond donors (Lipinski definition) is 1. The van der Waals surface area contributed by atoms with Gasteiger partial charge in [0.1, 0.15) is 5.82 Å². The minimum atomic E-state index is -2.99. The molecule has 1 N–H and O–H groups in total. The van der Waals surface area contributed by atoms with Crippen molar-refractivity contribution in [1.82, 2.24) is 10.2 Å². The molecule has 1 fully saturated rings. The van der Waals surface area contributed by atoms with Gasteiger partial charge in [0.25, 0.3) is 0 Å². The molecule has 0 aliphatic carbocycles. The number of rotatable bonds is 6. The van der Waals surface area contributed by atoms with Crippen LogP contribution in [0.1, 0.15) is 22.9 Å². The minimum absolute atomic E-state index is 0.100. The predicted molar refractivity (Wildman–Crippen MR) is 100 cm³/mol. The molecule has 140 valence electrons. The van der Waals surface area contributed by atoms with Crippen LogP contribution in [0.4, 0.5) is 4.39 Å². The molecule has 1 aromatic heterocycles. The first-order chi connectivity index (χ1) is 12.3.